The summed E-state index contributed by atoms with van der Waals surface area (Å²) in [6.45, 7) is 8.00. The molecule has 0 radical (unpaired) electrons. The predicted molar refractivity (Wildman–Crippen MR) is 51.7 cm³/mol. The van der Waals surface area contributed by atoms with Crippen molar-refractivity contribution in [2.75, 3.05) is 0 Å². The molecule has 0 amide bonds. The first-order valence-corrected chi connectivity index (χ1v) is 2.10. The van der Waals surface area contributed by atoms with Gasteiger partial charge in [0.05, 0.1) is 0 Å². The smallest absolute Gasteiger partial charge is 0 e. The van der Waals surface area contributed by atoms with Gasteiger partial charge in [-0.1, -0.05) is 50.0 Å². The summed E-state index contributed by atoms with van der Waals surface area (Å²) in [6, 6.07) is 0. The summed E-state index contributed by atoms with van der Waals surface area (Å²) in [7, 11) is 0. The normalized spacial score (nSPS) is 7.50. The van der Waals surface area contributed by atoms with E-state index in [1.807, 2.05) is 0 Å². The van der Waals surface area contributed by atoms with E-state index in [1.54, 1.807) is 0 Å². The Labute approximate surface area is 63.7 Å². The Bertz CT molecular complexity index is 18.7. The predicted octanol–water partition coefficient (Wildman–Crippen LogP) is 4.41. The van der Waals surface area contributed by atoms with Gasteiger partial charge in [-0.05, 0) is 0 Å². The van der Waals surface area contributed by atoms with Crippen LogP contribution in [0.2, 0.25) is 0 Å². The maximum atomic E-state index is 3.76. The average Bonchev–Trinajstić information content (AvgIpc) is 1.38. The summed E-state index contributed by atoms with van der Waals surface area (Å²) >= 11 is 0. The van der Waals surface area contributed by atoms with E-state index in [1.165, 1.54) is 6.42 Å². The van der Waals surface area contributed by atoms with Gasteiger partial charge in [-0.2, -0.15) is 5.92 Å². The van der Waals surface area contributed by atoms with Gasteiger partial charge in [0.15, 0.2) is 0 Å². The second-order valence-electron chi connectivity index (χ2n) is 1.51. The molecule has 0 spiro atoms. The quantitative estimate of drug-likeness (QED) is 0.570. The van der Waals surface area contributed by atoms with Crippen molar-refractivity contribution in [3.8, 4) is 0 Å². The van der Waals surface area contributed by atoms with E-state index >= 15 is 0 Å². The fourth-order valence-electron chi connectivity index (χ4n) is 0. The molecule has 0 aromatic heterocycles. The Kier molecular flexibility index (Phi) is 279. The Morgan fingerprint density at radius 1 is 1.10 bits per heavy atom. The van der Waals surface area contributed by atoms with E-state index in [4.69, 9.17) is 0 Å². The van der Waals surface area contributed by atoms with Gasteiger partial charge in [0.25, 0.3) is 0 Å². The molecular formula is C9H27Rf-. The molecule has 0 saturated carbocycles. The van der Waals surface area contributed by atoms with Crippen molar-refractivity contribution in [3.05, 3.63) is 6.92 Å². The van der Waals surface area contributed by atoms with Crippen molar-refractivity contribution < 1.29 is 0 Å². The minimum absolute atomic E-state index is 0. The number of hydrogen-bond acceptors (Lipinski definition) is 0. The van der Waals surface area contributed by atoms with Gasteiger partial charge in [0.2, 0.25) is 0 Å². The number of rotatable bonds is 1. The molecule has 0 saturated heterocycles. The summed E-state index contributed by atoms with van der Waals surface area (Å²) in [5.41, 5.74) is 0. The largest absolute Gasteiger partial charge is 0.341 e. The Morgan fingerprint density at radius 2 is 1.20 bits per heavy atom. The van der Waals surface area contributed by atoms with Gasteiger partial charge < -0.3 is 6.92 Å². The van der Waals surface area contributed by atoms with Gasteiger partial charge in [-0.25, -0.2) is 0 Å². The Balaban J connectivity index is -0.00000000800. The van der Waals surface area contributed by atoms with Gasteiger partial charge >= 0.3 is 0 Å². The molecule has 66 valence electrons. The van der Waals surface area contributed by atoms with Crippen molar-refractivity contribution >= 4 is 0 Å². The van der Waals surface area contributed by atoms with Crippen LogP contribution < -0.4 is 0 Å². The summed E-state index contributed by atoms with van der Waals surface area (Å²) in [6.07, 6.45) is 1.19. The number of hydrogen-bond donors (Lipinski definition) is 0. The Hall–Kier alpha value is -1.00. The van der Waals surface area contributed by atoms with Gasteiger partial charge in [-0.15, -0.1) is 0 Å². The van der Waals surface area contributed by atoms with E-state index in [9.17, 15) is 0 Å². The van der Waals surface area contributed by atoms with Crippen LogP contribution in [0.3, 0.4) is 0 Å². The molecule has 0 bridgehead atoms. The van der Waals surface area contributed by atoms with Crippen molar-refractivity contribution in [3.63, 3.8) is 0 Å². The summed E-state index contributed by atoms with van der Waals surface area (Å²) < 4.78 is 0. The fraction of sp³-hybridized carbons (Fsp3) is 0.889. The summed E-state index contributed by atoms with van der Waals surface area (Å²) in [5.74, 6) is 0.634. The van der Waals surface area contributed by atoms with Crippen LogP contribution in [-0.2, 0) is 0 Å². The van der Waals surface area contributed by atoms with Crippen LogP contribution in [0.5, 0.6) is 0 Å². The maximum Gasteiger partial charge on any atom is 0 e. The molecule has 0 nitrogen and oxygen atoms in total. The van der Waals surface area contributed by atoms with Gasteiger partial charge in [0, 0.05) is 0 Å². The molecule has 0 aliphatic rings. The molecule has 1 heteroatoms. The average molecular weight is 402 g/mol. The van der Waals surface area contributed by atoms with Crippen LogP contribution in [0.25, 0.3) is 0 Å². The molecule has 1 unspecified atom stereocenters. The molecule has 0 aromatic rings. The van der Waals surface area contributed by atoms with E-state index in [-0.39, 0.29) is 29.7 Å². The zero-order valence-corrected chi connectivity index (χ0v) is 11.1. The minimum atomic E-state index is 0. The first kappa shape index (κ1) is 64.0. The van der Waals surface area contributed by atoms with Crippen LogP contribution >= 0.6 is 0 Å². The SMILES string of the molecule is C.C.C.C.[CH2-]C(C)CC.[Rf]. The zero-order valence-electron chi connectivity index (χ0n) is 4.70. The van der Waals surface area contributed by atoms with Gasteiger partial charge in [0.1, 0.15) is 0 Å². The van der Waals surface area contributed by atoms with Crippen LogP contribution in [0, 0.1) is 12.8 Å². The minimum Gasteiger partial charge on any atom is -0.341 e. The van der Waals surface area contributed by atoms with E-state index in [0.717, 1.165) is 0 Å². The summed E-state index contributed by atoms with van der Waals surface area (Å²) in [4.78, 5) is 0. The second-order valence-corrected chi connectivity index (χ2v) is 1.51. The molecule has 10 heavy (non-hydrogen) atoms. The van der Waals surface area contributed by atoms with Crippen LogP contribution in [-0.4, -0.2) is 0 Å². The van der Waals surface area contributed by atoms with Crippen molar-refractivity contribution in [1.29, 1.82) is 0 Å². The van der Waals surface area contributed by atoms with Crippen molar-refractivity contribution in [2.45, 2.75) is 50.0 Å². The Morgan fingerprint density at radius 3 is 1.20 bits per heavy atom. The monoisotopic (exact) mass is 402 g/mol. The third kappa shape index (κ3) is 252. The van der Waals surface area contributed by atoms with Crippen LogP contribution in [0.15, 0.2) is 0 Å². The molecule has 0 fully saturated rings. The first-order valence-electron chi connectivity index (χ1n) is 2.10. The fourth-order valence-corrected chi connectivity index (χ4v) is 0. The third-order valence-corrected chi connectivity index (χ3v) is 0.697. The molecular weight excluding hydrogens is 375 g/mol. The second kappa shape index (κ2) is 43.6. The van der Waals surface area contributed by atoms with E-state index in [2.05, 4.69) is 20.8 Å². The van der Waals surface area contributed by atoms with Crippen LogP contribution in [0.4, 0.5) is 0 Å². The first-order chi connectivity index (χ1) is 2.27. The molecule has 0 heterocycles. The van der Waals surface area contributed by atoms with Crippen LogP contribution in [0.1, 0.15) is 50.0 Å². The molecule has 1 atom stereocenters. The van der Waals surface area contributed by atoms with Crippen molar-refractivity contribution in [1.82, 2.24) is 0 Å². The molecule has 0 aromatic carbocycles. The standard InChI is InChI=1S/C5H11.4CH4.Rf/c1-4-5(2)3;;;;;/h5H,2,4H2,1,3H3;4*1H4;/q-1;;;;;. The van der Waals surface area contributed by atoms with E-state index < -0.39 is 0 Å². The van der Waals surface area contributed by atoms with Gasteiger partial charge in [-0.3, -0.25) is 0 Å². The molecule has 0 N–H and O–H groups in total. The summed E-state index contributed by atoms with van der Waals surface area (Å²) in [5, 5.41) is 0. The molecule has 0 aliphatic carbocycles. The third-order valence-electron chi connectivity index (χ3n) is 0.697. The van der Waals surface area contributed by atoms with E-state index in [0.29, 0.717) is 5.92 Å². The zero-order chi connectivity index (χ0) is 4.28. The van der Waals surface area contributed by atoms with Crippen molar-refractivity contribution in [2.24, 2.45) is 5.92 Å². The molecule has 0 rings (SSSR count). The molecule has 0 aliphatic heterocycles. The topological polar surface area (TPSA) is 0 Å². The maximum absolute atomic E-state index is 3.76.